The van der Waals surface area contributed by atoms with Gasteiger partial charge in [0.1, 0.15) is 6.04 Å². The fraction of sp³-hybridized carbons (Fsp3) is 0.667. The molecule has 4 amide bonds. The number of urea groups is 1. The Balaban J connectivity index is 2.18. The van der Waals surface area contributed by atoms with E-state index in [1.54, 1.807) is 0 Å². The van der Waals surface area contributed by atoms with Crippen molar-refractivity contribution >= 4 is 17.8 Å². The molecule has 0 aromatic heterocycles. The van der Waals surface area contributed by atoms with Crippen LogP contribution in [0.15, 0.2) is 0 Å². The van der Waals surface area contributed by atoms with Gasteiger partial charge in [-0.1, -0.05) is 6.92 Å². The first-order valence-electron chi connectivity index (χ1n) is 5.01. The molecule has 1 aliphatic rings. The molecule has 1 unspecified atom stereocenters. The number of hydrogen-bond donors (Lipinski definition) is 3. The quantitative estimate of drug-likeness (QED) is 0.538. The molecular weight excluding hydrogens is 198 g/mol. The third kappa shape index (κ3) is 3.57. The van der Waals surface area contributed by atoms with Crippen LogP contribution in [-0.2, 0) is 9.59 Å². The Labute approximate surface area is 87.8 Å². The summed E-state index contributed by atoms with van der Waals surface area (Å²) < 4.78 is 0. The lowest BCUT2D eigenvalue weighted by Gasteiger charge is -2.07. The van der Waals surface area contributed by atoms with Gasteiger partial charge in [0.25, 0.3) is 5.91 Å². The van der Waals surface area contributed by atoms with Crippen LogP contribution in [0.25, 0.3) is 0 Å². The average Bonchev–Trinajstić information content (AvgIpc) is 2.46. The standard InChI is InChI=1S/C9H15N3O3/c1-2-3-7(13)10-5-4-6-8(14)12-9(15)11-6/h6H,2-5H2,1H3,(H,10,13)(H2,11,12,14,15). The highest BCUT2D eigenvalue weighted by molar-refractivity contribution is 6.04. The average molecular weight is 213 g/mol. The van der Waals surface area contributed by atoms with Gasteiger partial charge in [-0.2, -0.15) is 0 Å². The zero-order valence-electron chi connectivity index (χ0n) is 8.63. The van der Waals surface area contributed by atoms with Gasteiger partial charge in [-0.25, -0.2) is 4.79 Å². The van der Waals surface area contributed by atoms with Gasteiger partial charge < -0.3 is 10.6 Å². The van der Waals surface area contributed by atoms with Crippen molar-refractivity contribution in [3.8, 4) is 0 Å². The number of amides is 4. The second kappa shape index (κ2) is 5.33. The molecule has 0 aromatic carbocycles. The third-order valence-corrected chi connectivity index (χ3v) is 2.09. The second-order valence-corrected chi connectivity index (χ2v) is 3.40. The largest absolute Gasteiger partial charge is 0.356 e. The van der Waals surface area contributed by atoms with E-state index in [0.717, 1.165) is 6.42 Å². The van der Waals surface area contributed by atoms with Gasteiger partial charge in [0, 0.05) is 13.0 Å². The molecule has 0 radical (unpaired) electrons. The lowest BCUT2D eigenvalue weighted by Crippen LogP contribution is -2.34. The van der Waals surface area contributed by atoms with E-state index in [-0.39, 0.29) is 11.8 Å². The lowest BCUT2D eigenvalue weighted by atomic mass is 10.2. The molecule has 1 saturated heterocycles. The Kier molecular flexibility index (Phi) is 4.08. The van der Waals surface area contributed by atoms with E-state index in [2.05, 4.69) is 16.0 Å². The molecule has 0 aromatic rings. The van der Waals surface area contributed by atoms with Crippen molar-refractivity contribution in [2.75, 3.05) is 6.54 Å². The molecule has 15 heavy (non-hydrogen) atoms. The number of nitrogens with one attached hydrogen (secondary N) is 3. The molecule has 0 bridgehead atoms. The van der Waals surface area contributed by atoms with Crippen LogP contribution in [0.1, 0.15) is 26.2 Å². The van der Waals surface area contributed by atoms with Gasteiger partial charge in [0.15, 0.2) is 0 Å². The maximum Gasteiger partial charge on any atom is 0.322 e. The number of carbonyl (C=O) groups is 3. The fourth-order valence-electron chi connectivity index (χ4n) is 1.33. The van der Waals surface area contributed by atoms with Gasteiger partial charge in [-0.3, -0.25) is 14.9 Å². The van der Waals surface area contributed by atoms with Crippen LogP contribution in [0.5, 0.6) is 0 Å². The fourth-order valence-corrected chi connectivity index (χ4v) is 1.33. The molecule has 1 atom stereocenters. The first-order valence-corrected chi connectivity index (χ1v) is 5.01. The molecule has 1 rings (SSSR count). The van der Waals surface area contributed by atoms with Crippen LogP contribution in [0.2, 0.25) is 0 Å². The summed E-state index contributed by atoms with van der Waals surface area (Å²) in [4.78, 5) is 32.9. The van der Waals surface area contributed by atoms with Crippen molar-refractivity contribution in [1.82, 2.24) is 16.0 Å². The van der Waals surface area contributed by atoms with Crippen molar-refractivity contribution < 1.29 is 14.4 Å². The van der Waals surface area contributed by atoms with Crippen LogP contribution < -0.4 is 16.0 Å². The van der Waals surface area contributed by atoms with E-state index in [9.17, 15) is 14.4 Å². The third-order valence-electron chi connectivity index (χ3n) is 2.09. The van der Waals surface area contributed by atoms with Gasteiger partial charge >= 0.3 is 6.03 Å². The summed E-state index contributed by atoms with van der Waals surface area (Å²) in [6, 6.07) is -0.982. The highest BCUT2D eigenvalue weighted by Gasteiger charge is 2.28. The second-order valence-electron chi connectivity index (χ2n) is 3.40. The van der Waals surface area contributed by atoms with Crippen molar-refractivity contribution in [2.24, 2.45) is 0 Å². The molecule has 84 valence electrons. The topological polar surface area (TPSA) is 87.3 Å². The molecule has 1 aliphatic heterocycles. The molecule has 0 spiro atoms. The minimum absolute atomic E-state index is 0.0257. The van der Waals surface area contributed by atoms with E-state index >= 15 is 0 Å². The number of rotatable bonds is 5. The van der Waals surface area contributed by atoms with Crippen LogP contribution in [-0.4, -0.2) is 30.4 Å². The summed E-state index contributed by atoms with van der Waals surface area (Å²) in [5.74, 6) is -0.355. The monoisotopic (exact) mass is 213 g/mol. The maximum atomic E-state index is 11.1. The summed E-state index contributed by atoms with van der Waals surface area (Å²) in [6.45, 7) is 2.32. The van der Waals surface area contributed by atoms with Gasteiger partial charge in [0.2, 0.25) is 5.91 Å². The molecule has 1 heterocycles. The Morgan fingerprint density at radius 1 is 1.47 bits per heavy atom. The molecular formula is C9H15N3O3. The van der Waals surface area contributed by atoms with Crippen molar-refractivity contribution in [3.05, 3.63) is 0 Å². The zero-order chi connectivity index (χ0) is 11.3. The molecule has 0 aliphatic carbocycles. The van der Waals surface area contributed by atoms with E-state index in [0.29, 0.717) is 19.4 Å². The van der Waals surface area contributed by atoms with E-state index in [1.807, 2.05) is 6.92 Å². The highest BCUT2D eigenvalue weighted by Crippen LogP contribution is 1.97. The lowest BCUT2D eigenvalue weighted by molar-refractivity contribution is -0.122. The minimum Gasteiger partial charge on any atom is -0.356 e. The van der Waals surface area contributed by atoms with Gasteiger partial charge in [-0.15, -0.1) is 0 Å². The van der Waals surface area contributed by atoms with E-state index in [1.165, 1.54) is 0 Å². The summed E-state index contributed by atoms with van der Waals surface area (Å²) >= 11 is 0. The predicted molar refractivity (Wildman–Crippen MR) is 53.0 cm³/mol. The van der Waals surface area contributed by atoms with E-state index < -0.39 is 12.1 Å². The van der Waals surface area contributed by atoms with Gasteiger partial charge in [-0.05, 0) is 12.8 Å². The van der Waals surface area contributed by atoms with Crippen molar-refractivity contribution in [3.63, 3.8) is 0 Å². The Hall–Kier alpha value is -1.59. The number of carbonyl (C=O) groups excluding carboxylic acids is 3. The highest BCUT2D eigenvalue weighted by atomic mass is 16.2. The smallest absolute Gasteiger partial charge is 0.322 e. The molecule has 0 saturated carbocycles. The minimum atomic E-state index is -0.514. The maximum absolute atomic E-state index is 11.1. The summed E-state index contributed by atoms with van der Waals surface area (Å²) in [7, 11) is 0. The Morgan fingerprint density at radius 2 is 2.20 bits per heavy atom. The molecule has 1 fully saturated rings. The van der Waals surface area contributed by atoms with Crippen molar-refractivity contribution in [2.45, 2.75) is 32.2 Å². The molecule has 3 N–H and O–H groups in total. The Morgan fingerprint density at radius 3 is 2.73 bits per heavy atom. The summed E-state index contributed by atoms with van der Waals surface area (Å²) in [5.41, 5.74) is 0. The first-order chi connectivity index (χ1) is 7.13. The van der Waals surface area contributed by atoms with Crippen LogP contribution in [0.3, 0.4) is 0 Å². The molecule has 6 nitrogen and oxygen atoms in total. The summed E-state index contributed by atoms with van der Waals surface area (Å²) in [5, 5.41) is 7.26. The van der Waals surface area contributed by atoms with Crippen LogP contribution in [0, 0.1) is 0 Å². The van der Waals surface area contributed by atoms with Crippen molar-refractivity contribution in [1.29, 1.82) is 0 Å². The zero-order valence-corrected chi connectivity index (χ0v) is 8.63. The first kappa shape index (κ1) is 11.5. The van der Waals surface area contributed by atoms with Gasteiger partial charge in [0.05, 0.1) is 0 Å². The number of hydrogen-bond acceptors (Lipinski definition) is 3. The molecule has 6 heteroatoms. The predicted octanol–water partition coefficient (Wildman–Crippen LogP) is -0.499. The van der Waals surface area contributed by atoms with Crippen LogP contribution >= 0.6 is 0 Å². The summed E-state index contributed by atoms with van der Waals surface area (Å²) in [6.07, 6.45) is 1.71. The SMILES string of the molecule is CCCC(=O)NCCC1NC(=O)NC1=O. The Bertz CT molecular complexity index is 278. The number of imide groups is 1. The van der Waals surface area contributed by atoms with Crippen LogP contribution in [0.4, 0.5) is 4.79 Å². The van der Waals surface area contributed by atoms with E-state index in [4.69, 9.17) is 0 Å². The normalized spacial score (nSPS) is 19.7.